The standard InChI is InChI=1S/C19H20BrN5O/c1-13-15(20)4-2-5-16(13)23-18-12-17(14-6-9-21-10-7-14)24-19(25-18)22-8-3-11-26/h2,4-7,9-10,12,26H,3,8,11H2,1H3,(H2,22,23,24,25). The second-order valence-electron chi connectivity index (χ2n) is 5.74. The summed E-state index contributed by atoms with van der Waals surface area (Å²) >= 11 is 3.55. The summed E-state index contributed by atoms with van der Waals surface area (Å²) < 4.78 is 1.03. The van der Waals surface area contributed by atoms with Crippen molar-refractivity contribution < 1.29 is 5.11 Å². The van der Waals surface area contributed by atoms with Crippen LogP contribution in [0.5, 0.6) is 0 Å². The van der Waals surface area contributed by atoms with Crippen LogP contribution in [0.15, 0.2) is 53.3 Å². The van der Waals surface area contributed by atoms with E-state index in [4.69, 9.17) is 5.11 Å². The number of aliphatic hydroxyl groups is 1. The third kappa shape index (κ3) is 4.56. The minimum Gasteiger partial charge on any atom is -0.396 e. The number of nitrogens with zero attached hydrogens (tertiary/aromatic N) is 3. The van der Waals surface area contributed by atoms with Crippen molar-refractivity contribution >= 4 is 33.4 Å². The highest BCUT2D eigenvalue weighted by Crippen LogP contribution is 2.28. The molecule has 2 heterocycles. The highest BCUT2D eigenvalue weighted by atomic mass is 79.9. The van der Waals surface area contributed by atoms with Crippen LogP contribution in [0.2, 0.25) is 0 Å². The van der Waals surface area contributed by atoms with Crippen LogP contribution in [0.4, 0.5) is 17.5 Å². The molecule has 0 unspecified atom stereocenters. The lowest BCUT2D eigenvalue weighted by molar-refractivity contribution is 0.292. The van der Waals surface area contributed by atoms with Gasteiger partial charge < -0.3 is 15.7 Å². The van der Waals surface area contributed by atoms with Gasteiger partial charge in [0.25, 0.3) is 0 Å². The molecule has 0 aliphatic rings. The molecular weight excluding hydrogens is 394 g/mol. The molecule has 0 saturated heterocycles. The van der Waals surface area contributed by atoms with Crippen molar-refractivity contribution in [3.63, 3.8) is 0 Å². The van der Waals surface area contributed by atoms with Gasteiger partial charge in [-0.15, -0.1) is 0 Å². The molecule has 134 valence electrons. The maximum Gasteiger partial charge on any atom is 0.225 e. The molecule has 1 aromatic carbocycles. The van der Waals surface area contributed by atoms with Gasteiger partial charge in [0, 0.05) is 47.3 Å². The van der Waals surface area contributed by atoms with E-state index in [-0.39, 0.29) is 6.61 Å². The van der Waals surface area contributed by atoms with Gasteiger partial charge in [-0.05, 0) is 43.2 Å². The molecule has 2 aromatic heterocycles. The SMILES string of the molecule is Cc1c(Br)cccc1Nc1cc(-c2ccncc2)nc(NCCCO)n1. The Bertz CT molecular complexity index is 873. The molecule has 0 spiro atoms. The van der Waals surface area contributed by atoms with Crippen LogP contribution in [0, 0.1) is 6.92 Å². The molecule has 0 saturated carbocycles. The molecule has 0 aliphatic carbocycles. The zero-order valence-corrected chi connectivity index (χ0v) is 16.0. The molecule has 3 aromatic rings. The van der Waals surface area contributed by atoms with Crippen LogP contribution in [0.3, 0.4) is 0 Å². The molecule has 3 N–H and O–H groups in total. The molecule has 7 heteroatoms. The van der Waals surface area contributed by atoms with Gasteiger partial charge in [-0.2, -0.15) is 4.98 Å². The molecule has 0 fully saturated rings. The summed E-state index contributed by atoms with van der Waals surface area (Å²) in [6.45, 7) is 2.77. The van der Waals surface area contributed by atoms with Crippen LogP contribution in [-0.2, 0) is 0 Å². The van der Waals surface area contributed by atoms with Crippen LogP contribution < -0.4 is 10.6 Å². The first-order valence-electron chi connectivity index (χ1n) is 8.33. The van der Waals surface area contributed by atoms with E-state index in [9.17, 15) is 0 Å². The van der Waals surface area contributed by atoms with E-state index in [0.29, 0.717) is 24.7 Å². The minimum absolute atomic E-state index is 0.124. The Labute approximate surface area is 160 Å². The largest absolute Gasteiger partial charge is 0.396 e. The van der Waals surface area contributed by atoms with Crippen LogP contribution in [0.1, 0.15) is 12.0 Å². The van der Waals surface area contributed by atoms with Gasteiger partial charge in [0.15, 0.2) is 0 Å². The second kappa shape index (κ2) is 8.73. The fourth-order valence-corrected chi connectivity index (χ4v) is 2.79. The van der Waals surface area contributed by atoms with Gasteiger partial charge in [-0.25, -0.2) is 4.98 Å². The molecule has 0 bridgehead atoms. The number of hydrogen-bond acceptors (Lipinski definition) is 6. The topological polar surface area (TPSA) is 83.0 Å². The van der Waals surface area contributed by atoms with E-state index >= 15 is 0 Å². The van der Waals surface area contributed by atoms with Crippen molar-refractivity contribution in [1.29, 1.82) is 0 Å². The van der Waals surface area contributed by atoms with E-state index in [1.165, 1.54) is 0 Å². The van der Waals surface area contributed by atoms with E-state index < -0.39 is 0 Å². The Hall–Kier alpha value is -2.51. The van der Waals surface area contributed by atoms with Gasteiger partial charge in [0.1, 0.15) is 5.82 Å². The van der Waals surface area contributed by atoms with Crippen molar-refractivity contribution in [2.24, 2.45) is 0 Å². The summed E-state index contributed by atoms with van der Waals surface area (Å²) in [7, 11) is 0. The molecule has 0 aliphatic heterocycles. The quantitative estimate of drug-likeness (QED) is 0.504. The van der Waals surface area contributed by atoms with Crippen LogP contribution >= 0.6 is 15.9 Å². The number of aromatic nitrogens is 3. The van der Waals surface area contributed by atoms with E-state index in [1.54, 1.807) is 12.4 Å². The minimum atomic E-state index is 0.124. The lowest BCUT2D eigenvalue weighted by Crippen LogP contribution is -2.09. The van der Waals surface area contributed by atoms with Gasteiger partial charge in [-0.3, -0.25) is 4.98 Å². The predicted molar refractivity (Wildman–Crippen MR) is 108 cm³/mol. The highest BCUT2D eigenvalue weighted by Gasteiger charge is 2.09. The number of benzene rings is 1. The van der Waals surface area contributed by atoms with Crippen molar-refractivity contribution in [1.82, 2.24) is 15.0 Å². The monoisotopic (exact) mass is 413 g/mol. The summed E-state index contributed by atoms with van der Waals surface area (Å²) in [6, 6.07) is 11.7. The molecule has 26 heavy (non-hydrogen) atoms. The van der Waals surface area contributed by atoms with Crippen molar-refractivity contribution in [3.8, 4) is 11.3 Å². The Balaban J connectivity index is 1.95. The fraction of sp³-hybridized carbons (Fsp3) is 0.211. The van der Waals surface area contributed by atoms with E-state index in [1.807, 2.05) is 43.3 Å². The average molecular weight is 414 g/mol. The van der Waals surface area contributed by atoms with Crippen LogP contribution in [0.25, 0.3) is 11.3 Å². The molecular formula is C19H20BrN5O. The van der Waals surface area contributed by atoms with Gasteiger partial charge in [0.2, 0.25) is 5.95 Å². The summed E-state index contributed by atoms with van der Waals surface area (Å²) in [6.07, 6.45) is 4.11. The Morgan fingerprint density at radius 3 is 2.69 bits per heavy atom. The predicted octanol–water partition coefficient (Wildman–Crippen LogP) is 4.15. The van der Waals surface area contributed by atoms with Crippen LogP contribution in [-0.4, -0.2) is 33.2 Å². The lowest BCUT2D eigenvalue weighted by atomic mass is 10.2. The zero-order chi connectivity index (χ0) is 18.4. The summed E-state index contributed by atoms with van der Waals surface area (Å²) in [5, 5.41) is 15.5. The molecule has 6 nitrogen and oxygen atoms in total. The number of pyridine rings is 1. The van der Waals surface area contributed by atoms with E-state index in [0.717, 1.165) is 27.0 Å². The van der Waals surface area contributed by atoms with Crippen molar-refractivity contribution in [2.45, 2.75) is 13.3 Å². The number of hydrogen-bond donors (Lipinski definition) is 3. The van der Waals surface area contributed by atoms with Crippen molar-refractivity contribution in [3.05, 3.63) is 58.8 Å². The summed E-state index contributed by atoms with van der Waals surface area (Å²) in [5.74, 6) is 1.21. The number of anilines is 3. The lowest BCUT2D eigenvalue weighted by Gasteiger charge is -2.13. The number of rotatable bonds is 7. The normalized spacial score (nSPS) is 10.6. The molecule has 0 amide bonds. The van der Waals surface area contributed by atoms with Gasteiger partial charge in [-0.1, -0.05) is 22.0 Å². The third-order valence-electron chi connectivity index (χ3n) is 3.85. The number of halogens is 1. The maximum absolute atomic E-state index is 8.98. The first-order valence-corrected chi connectivity index (χ1v) is 9.13. The van der Waals surface area contributed by atoms with Crippen molar-refractivity contribution in [2.75, 3.05) is 23.8 Å². The van der Waals surface area contributed by atoms with Gasteiger partial charge in [0.05, 0.1) is 5.69 Å². The molecule has 0 atom stereocenters. The maximum atomic E-state index is 8.98. The smallest absolute Gasteiger partial charge is 0.225 e. The summed E-state index contributed by atoms with van der Waals surface area (Å²) in [4.78, 5) is 13.2. The first kappa shape index (κ1) is 18.3. The number of nitrogens with one attached hydrogen (secondary N) is 2. The highest BCUT2D eigenvalue weighted by molar-refractivity contribution is 9.10. The second-order valence-corrected chi connectivity index (χ2v) is 6.59. The first-order chi connectivity index (χ1) is 12.7. The third-order valence-corrected chi connectivity index (χ3v) is 4.71. The Morgan fingerprint density at radius 1 is 1.12 bits per heavy atom. The molecule has 3 rings (SSSR count). The summed E-state index contributed by atoms with van der Waals surface area (Å²) in [5.41, 5.74) is 3.83. The number of aliphatic hydroxyl groups excluding tert-OH is 1. The average Bonchev–Trinajstić information content (AvgIpc) is 2.66. The molecule has 0 radical (unpaired) electrons. The zero-order valence-electron chi connectivity index (χ0n) is 14.4. The van der Waals surface area contributed by atoms with Gasteiger partial charge >= 0.3 is 0 Å². The Morgan fingerprint density at radius 2 is 1.92 bits per heavy atom. The van der Waals surface area contributed by atoms with E-state index in [2.05, 4.69) is 41.5 Å². The fourth-order valence-electron chi connectivity index (χ4n) is 2.42. The Kier molecular flexibility index (Phi) is 6.14.